The SMILES string of the molecule is COc1ccccc1[C@H](C)NCc1ccc(O)cc1. The van der Waals surface area contributed by atoms with Crippen molar-refractivity contribution in [2.24, 2.45) is 0 Å². The van der Waals surface area contributed by atoms with Gasteiger partial charge in [-0.25, -0.2) is 0 Å². The molecule has 19 heavy (non-hydrogen) atoms. The highest BCUT2D eigenvalue weighted by atomic mass is 16.5. The second-order valence-electron chi connectivity index (χ2n) is 4.51. The third-order valence-corrected chi connectivity index (χ3v) is 3.15. The van der Waals surface area contributed by atoms with Crippen LogP contribution >= 0.6 is 0 Å². The van der Waals surface area contributed by atoms with Crippen molar-refractivity contribution in [2.75, 3.05) is 7.11 Å². The van der Waals surface area contributed by atoms with Crippen molar-refractivity contribution in [2.45, 2.75) is 19.5 Å². The maximum Gasteiger partial charge on any atom is 0.123 e. The molecule has 3 nitrogen and oxygen atoms in total. The van der Waals surface area contributed by atoms with Crippen molar-refractivity contribution in [1.29, 1.82) is 0 Å². The Morgan fingerprint density at radius 2 is 1.79 bits per heavy atom. The molecule has 0 saturated carbocycles. The quantitative estimate of drug-likeness (QED) is 0.864. The third-order valence-electron chi connectivity index (χ3n) is 3.15. The summed E-state index contributed by atoms with van der Waals surface area (Å²) < 4.78 is 5.36. The molecule has 0 saturated heterocycles. The monoisotopic (exact) mass is 257 g/mol. The molecule has 100 valence electrons. The molecule has 0 radical (unpaired) electrons. The number of ether oxygens (including phenoxy) is 1. The topological polar surface area (TPSA) is 41.5 Å². The molecule has 0 fully saturated rings. The summed E-state index contributed by atoms with van der Waals surface area (Å²) in [6.45, 7) is 2.86. The maximum absolute atomic E-state index is 9.24. The number of hydrogen-bond donors (Lipinski definition) is 2. The molecule has 0 aromatic heterocycles. The average Bonchev–Trinajstić information content (AvgIpc) is 2.46. The van der Waals surface area contributed by atoms with Crippen molar-refractivity contribution in [3.05, 3.63) is 59.7 Å². The zero-order chi connectivity index (χ0) is 13.7. The number of aromatic hydroxyl groups is 1. The minimum Gasteiger partial charge on any atom is -0.508 e. The normalized spacial score (nSPS) is 12.1. The Kier molecular flexibility index (Phi) is 4.42. The van der Waals surface area contributed by atoms with Crippen LogP contribution in [0.3, 0.4) is 0 Å². The third kappa shape index (κ3) is 3.48. The van der Waals surface area contributed by atoms with Crippen LogP contribution in [0.4, 0.5) is 0 Å². The molecule has 0 spiro atoms. The first-order valence-corrected chi connectivity index (χ1v) is 6.35. The Morgan fingerprint density at radius 1 is 1.11 bits per heavy atom. The van der Waals surface area contributed by atoms with Gasteiger partial charge < -0.3 is 15.2 Å². The van der Waals surface area contributed by atoms with Crippen molar-refractivity contribution in [3.63, 3.8) is 0 Å². The highest BCUT2D eigenvalue weighted by Crippen LogP contribution is 2.24. The van der Waals surface area contributed by atoms with E-state index in [2.05, 4.69) is 18.3 Å². The minimum atomic E-state index is 0.199. The Hall–Kier alpha value is -2.00. The van der Waals surface area contributed by atoms with Crippen LogP contribution in [0.25, 0.3) is 0 Å². The second kappa shape index (κ2) is 6.25. The Morgan fingerprint density at radius 3 is 2.47 bits per heavy atom. The van der Waals surface area contributed by atoms with E-state index in [1.807, 2.05) is 30.3 Å². The molecular formula is C16H19NO2. The Bertz CT molecular complexity index is 523. The zero-order valence-electron chi connectivity index (χ0n) is 11.3. The lowest BCUT2D eigenvalue weighted by atomic mass is 10.1. The van der Waals surface area contributed by atoms with Crippen LogP contribution in [0.15, 0.2) is 48.5 Å². The van der Waals surface area contributed by atoms with Gasteiger partial charge in [0, 0.05) is 18.2 Å². The van der Waals surface area contributed by atoms with E-state index in [1.54, 1.807) is 19.2 Å². The lowest BCUT2D eigenvalue weighted by Gasteiger charge is -2.17. The summed E-state index contributed by atoms with van der Waals surface area (Å²) in [6, 6.07) is 15.4. The van der Waals surface area contributed by atoms with Crippen LogP contribution in [0, 0.1) is 0 Å². The number of phenolic OH excluding ortho intramolecular Hbond substituents is 1. The molecule has 2 rings (SSSR count). The predicted octanol–water partition coefficient (Wildman–Crippen LogP) is 3.25. The first-order chi connectivity index (χ1) is 9.20. The van der Waals surface area contributed by atoms with Gasteiger partial charge in [0.15, 0.2) is 0 Å². The van der Waals surface area contributed by atoms with Gasteiger partial charge in [0.1, 0.15) is 11.5 Å². The fourth-order valence-electron chi connectivity index (χ4n) is 2.02. The second-order valence-corrected chi connectivity index (χ2v) is 4.51. The molecule has 0 heterocycles. The summed E-state index contributed by atoms with van der Waals surface area (Å²) in [7, 11) is 1.69. The van der Waals surface area contributed by atoms with Crippen molar-refractivity contribution >= 4 is 0 Å². The molecule has 1 atom stereocenters. The summed E-state index contributed by atoms with van der Waals surface area (Å²) in [5.41, 5.74) is 2.28. The molecule has 0 bridgehead atoms. The molecule has 0 amide bonds. The van der Waals surface area contributed by atoms with E-state index in [0.29, 0.717) is 5.75 Å². The molecule has 2 aromatic rings. The van der Waals surface area contributed by atoms with Crippen molar-refractivity contribution < 1.29 is 9.84 Å². The van der Waals surface area contributed by atoms with E-state index >= 15 is 0 Å². The van der Waals surface area contributed by atoms with Crippen LogP contribution in [0.5, 0.6) is 11.5 Å². The standard InChI is InChI=1S/C16H19NO2/c1-12(15-5-3-4-6-16(15)19-2)17-11-13-7-9-14(18)10-8-13/h3-10,12,17-18H,11H2,1-2H3/t12-/m0/s1. The first-order valence-electron chi connectivity index (χ1n) is 6.35. The lowest BCUT2D eigenvalue weighted by Crippen LogP contribution is -2.18. The summed E-state index contributed by atoms with van der Waals surface area (Å²) in [5, 5.41) is 12.7. The average molecular weight is 257 g/mol. The van der Waals surface area contributed by atoms with E-state index in [0.717, 1.165) is 23.4 Å². The van der Waals surface area contributed by atoms with Crippen LogP contribution in [0.2, 0.25) is 0 Å². The van der Waals surface area contributed by atoms with E-state index in [-0.39, 0.29) is 6.04 Å². The highest BCUT2D eigenvalue weighted by Gasteiger charge is 2.09. The van der Waals surface area contributed by atoms with E-state index in [1.165, 1.54) is 0 Å². The lowest BCUT2D eigenvalue weighted by molar-refractivity contribution is 0.401. The van der Waals surface area contributed by atoms with Crippen molar-refractivity contribution in [1.82, 2.24) is 5.32 Å². The maximum atomic E-state index is 9.24. The van der Waals surface area contributed by atoms with Crippen LogP contribution in [0.1, 0.15) is 24.1 Å². The fraction of sp³-hybridized carbons (Fsp3) is 0.250. The summed E-state index contributed by atoms with van der Waals surface area (Å²) in [5.74, 6) is 1.19. The molecule has 0 aliphatic rings. The van der Waals surface area contributed by atoms with Gasteiger partial charge in [-0.1, -0.05) is 30.3 Å². The smallest absolute Gasteiger partial charge is 0.123 e. The molecule has 0 unspecified atom stereocenters. The molecule has 3 heteroatoms. The van der Waals surface area contributed by atoms with Gasteiger partial charge in [0.2, 0.25) is 0 Å². The summed E-state index contributed by atoms with van der Waals surface area (Å²) in [4.78, 5) is 0. The minimum absolute atomic E-state index is 0.199. The van der Waals surface area contributed by atoms with Gasteiger partial charge in [-0.15, -0.1) is 0 Å². The van der Waals surface area contributed by atoms with E-state index < -0.39 is 0 Å². The molecule has 0 aliphatic heterocycles. The number of methoxy groups -OCH3 is 1. The van der Waals surface area contributed by atoms with Crippen LogP contribution < -0.4 is 10.1 Å². The summed E-state index contributed by atoms with van der Waals surface area (Å²) >= 11 is 0. The molecular weight excluding hydrogens is 238 g/mol. The summed E-state index contributed by atoms with van der Waals surface area (Å²) in [6.07, 6.45) is 0. The van der Waals surface area contributed by atoms with Gasteiger partial charge in [-0.3, -0.25) is 0 Å². The van der Waals surface area contributed by atoms with Gasteiger partial charge in [-0.2, -0.15) is 0 Å². The van der Waals surface area contributed by atoms with Gasteiger partial charge in [0.05, 0.1) is 7.11 Å². The number of nitrogens with one attached hydrogen (secondary N) is 1. The van der Waals surface area contributed by atoms with Crippen LogP contribution in [-0.4, -0.2) is 12.2 Å². The Labute approximate surface area is 113 Å². The highest BCUT2D eigenvalue weighted by molar-refractivity contribution is 5.35. The fourth-order valence-corrected chi connectivity index (χ4v) is 2.02. The van der Waals surface area contributed by atoms with E-state index in [9.17, 15) is 5.11 Å². The molecule has 2 aromatic carbocycles. The first kappa shape index (κ1) is 13.4. The van der Waals surface area contributed by atoms with Gasteiger partial charge >= 0.3 is 0 Å². The number of para-hydroxylation sites is 1. The zero-order valence-corrected chi connectivity index (χ0v) is 11.3. The van der Waals surface area contributed by atoms with E-state index in [4.69, 9.17) is 4.74 Å². The number of phenols is 1. The largest absolute Gasteiger partial charge is 0.508 e. The number of hydrogen-bond acceptors (Lipinski definition) is 3. The van der Waals surface area contributed by atoms with Crippen molar-refractivity contribution in [3.8, 4) is 11.5 Å². The van der Waals surface area contributed by atoms with Gasteiger partial charge in [0.25, 0.3) is 0 Å². The number of rotatable bonds is 5. The predicted molar refractivity (Wildman–Crippen MR) is 76.4 cm³/mol. The number of benzene rings is 2. The molecule has 0 aliphatic carbocycles. The molecule has 2 N–H and O–H groups in total. The van der Waals surface area contributed by atoms with Gasteiger partial charge in [-0.05, 0) is 30.7 Å². The van der Waals surface area contributed by atoms with Crippen LogP contribution in [-0.2, 0) is 6.54 Å². The Balaban J connectivity index is 2.01.